The lowest BCUT2D eigenvalue weighted by Gasteiger charge is -2.25. The number of rotatable bonds is 6. The van der Waals surface area contributed by atoms with E-state index in [4.69, 9.17) is 0 Å². The van der Waals surface area contributed by atoms with Gasteiger partial charge in [0, 0.05) is 11.9 Å². The highest BCUT2D eigenvalue weighted by Gasteiger charge is 2.18. The van der Waals surface area contributed by atoms with E-state index < -0.39 is 0 Å². The number of aromatic nitrogens is 3. The third-order valence-corrected chi connectivity index (χ3v) is 5.88. The molecule has 0 unspecified atom stereocenters. The Morgan fingerprint density at radius 1 is 1.19 bits per heavy atom. The molecule has 3 rings (SSSR count). The minimum atomic E-state index is 0.00186. The molecule has 3 aromatic rings. The Bertz CT molecular complexity index is 906. The SMILES string of the molecule is Cc1ccc(SCC(=O)N(C)[C@H](C)c2ccc(-n3cncn3)cc2)c(C)c1. The van der Waals surface area contributed by atoms with Gasteiger partial charge in [-0.3, -0.25) is 4.79 Å². The Kier molecular flexibility index (Phi) is 5.96. The van der Waals surface area contributed by atoms with Crippen LogP contribution in [0.2, 0.25) is 0 Å². The summed E-state index contributed by atoms with van der Waals surface area (Å²) in [5.41, 5.74) is 4.49. The first kappa shape index (κ1) is 19.2. The molecular weight excluding hydrogens is 356 g/mol. The topological polar surface area (TPSA) is 51.0 Å². The van der Waals surface area contributed by atoms with Crippen LogP contribution in [0.1, 0.15) is 29.7 Å². The molecule has 0 aliphatic carbocycles. The lowest BCUT2D eigenvalue weighted by Crippen LogP contribution is -2.31. The van der Waals surface area contributed by atoms with Crippen LogP contribution in [0.15, 0.2) is 60.0 Å². The van der Waals surface area contributed by atoms with E-state index in [1.54, 1.807) is 27.7 Å². The normalized spacial score (nSPS) is 12.0. The molecule has 0 fully saturated rings. The first-order valence-corrected chi connectivity index (χ1v) is 9.85. The third kappa shape index (κ3) is 4.57. The maximum Gasteiger partial charge on any atom is 0.233 e. The highest BCUT2D eigenvalue weighted by molar-refractivity contribution is 8.00. The lowest BCUT2D eigenvalue weighted by atomic mass is 10.1. The Labute approximate surface area is 164 Å². The second-order valence-corrected chi connectivity index (χ2v) is 7.69. The van der Waals surface area contributed by atoms with Crippen LogP contribution in [-0.2, 0) is 4.79 Å². The zero-order valence-corrected chi connectivity index (χ0v) is 16.9. The quantitative estimate of drug-likeness (QED) is 0.602. The average Bonchev–Trinajstić information content (AvgIpc) is 3.21. The van der Waals surface area contributed by atoms with Crippen LogP contribution in [0.3, 0.4) is 0 Å². The molecule has 2 aromatic carbocycles. The fourth-order valence-electron chi connectivity index (χ4n) is 2.89. The number of hydrogen-bond donors (Lipinski definition) is 0. The van der Waals surface area contributed by atoms with Gasteiger partial charge in [-0.1, -0.05) is 29.8 Å². The van der Waals surface area contributed by atoms with Gasteiger partial charge in [0.2, 0.25) is 5.91 Å². The van der Waals surface area contributed by atoms with Crippen molar-refractivity contribution in [2.45, 2.75) is 31.7 Å². The number of hydrogen-bond acceptors (Lipinski definition) is 4. The van der Waals surface area contributed by atoms with E-state index in [1.807, 2.05) is 38.2 Å². The Balaban J connectivity index is 1.62. The summed E-state index contributed by atoms with van der Waals surface area (Å²) in [5, 5.41) is 4.13. The first-order chi connectivity index (χ1) is 13.0. The van der Waals surface area contributed by atoms with Crippen molar-refractivity contribution in [3.05, 3.63) is 71.8 Å². The summed E-state index contributed by atoms with van der Waals surface area (Å²) in [4.78, 5) is 19.6. The summed E-state index contributed by atoms with van der Waals surface area (Å²) in [5.74, 6) is 0.551. The van der Waals surface area contributed by atoms with Gasteiger partial charge >= 0.3 is 0 Å². The smallest absolute Gasteiger partial charge is 0.233 e. The van der Waals surface area contributed by atoms with Gasteiger partial charge in [-0.25, -0.2) is 9.67 Å². The van der Waals surface area contributed by atoms with Crippen molar-refractivity contribution >= 4 is 17.7 Å². The minimum Gasteiger partial charge on any atom is -0.338 e. The maximum absolute atomic E-state index is 12.6. The Morgan fingerprint density at radius 3 is 2.56 bits per heavy atom. The number of carbonyl (C=O) groups excluding carboxylic acids is 1. The minimum absolute atomic E-state index is 0.00186. The molecular formula is C21H24N4OS. The molecule has 5 nitrogen and oxygen atoms in total. The van der Waals surface area contributed by atoms with Crippen molar-refractivity contribution < 1.29 is 4.79 Å². The van der Waals surface area contributed by atoms with Crippen LogP contribution in [0.5, 0.6) is 0 Å². The third-order valence-electron chi connectivity index (χ3n) is 4.71. The molecule has 27 heavy (non-hydrogen) atoms. The van der Waals surface area contributed by atoms with Crippen molar-refractivity contribution in [3.63, 3.8) is 0 Å². The fraction of sp³-hybridized carbons (Fsp3) is 0.286. The van der Waals surface area contributed by atoms with Crippen LogP contribution < -0.4 is 0 Å². The molecule has 0 bridgehead atoms. The number of amides is 1. The van der Waals surface area contributed by atoms with Crippen molar-refractivity contribution in [1.29, 1.82) is 0 Å². The van der Waals surface area contributed by atoms with Gasteiger partial charge < -0.3 is 4.90 Å². The van der Waals surface area contributed by atoms with E-state index in [0.717, 1.165) is 16.1 Å². The molecule has 1 heterocycles. The molecule has 0 spiro atoms. The van der Waals surface area contributed by atoms with Crippen molar-refractivity contribution in [2.24, 2.45) is 0 Å². The molecule has 0 N–H and O–H groups in total. The van der Waals surface area contributed by atoms with E-state index in [-0.39, 0.29) is 11.9 Å². The molecule has 0 aliphatic heterocycles. The van der Waals surface area contributed by atoms with Crippen LogP contribution in [-0.4, -0.2) is 38.4 Å². The zero-order valence-electron chi connectivity index (χ0n) is 16.1. The van der Waals surface area contributed by atoms with Crippen LogP contribution >= 0.6 is 11.8 Å². The number of carbonyl (C=O) groups is 1. The average molecular weight is 381 g/mol. The number of aryl methyl sites for hydroxylation is 2. The molecule has 0 saturated heterocycles. The predicted molar refractivity (Wildman–Crippen MR) is 109 cm³/mol. The summed E-state index contributed by atoms with van der Waals surface area (Å²) in [6.07, 6.45) is 3.18. The summed E-state index contributed by atoms with van der Waals surface area (Å²) in [7, 11) is 1.86. The highest BCUT2D eigenvalue weighted by atomic mass is 32.2. The van der Waals surface area contributed by atoms with Crippen LogP contribution in [0, 0.1) is 13.8 Å². The van der Waals surface area contributed by atoms with E-state index in [1.165, 1.54) is 17.5 Å². The number of thioether (sulfide) groups is 1. The zero-order chi connectivity index (χ0) is 19.4. The van der Waals surface area contributed by atoms with Crippen LogP contribution in [0.25, 0.3) is 5.69 Å². The van der Waals surface area contributed by atoms with E-state index in [2.05, 4.69) is 42.1 Å². The second kappa shape index (κ2) is 8.39. The number of benzene rings is 2. The molecule has 6 heteroatoms. The second-order valence-electron chi connectivity index (χ2n) is 6.67. The van der Waals surface area contributed by atoms with Gasteiger partial charge in [-0.2, -0.15) is 5.10 Å². The lowest BCUT2D eigenvalue weighted by molar-refractivity contribution is -0.128. The van der Waals surface area contributed by atoms with Gasteiger partial charge in [0.25, 0.3) is 0 Å². The van der Waals surface area contributed by atoms with Gasteiger partial charge in [-0.15, -0.1) is 11.8 Å². The molecule has 1 aromatic heterocycles. The summed E-state index contributed by atoms with van der Waals surface area (Å²) < 4.78 is 1.71. The standard InChI is InChI=1S/C21H24N4OS/c1-15-5-10-20(16(2)11-15)27-12-21(26)24(4)17(3)18-6-8-19(9-7-18)25-14-22-13-23-25/h5-11,13-14,17H,12H2,1-4H3/t17-/m1/s1. The molecule has 0 saturated carbocycles. The molecule has 1 atom stereocenters. The molecule has 0 radical (unpaired) electrons. The van der Waals surface area contributed by atoms with Crippen LogP contribution in [0.4, 0.5) is 0 Å². The van der Waals surface area contributed by atoms with Crippen molar-refractivity contribution in [3.8, 4) is 5.69 Å². The summed E-state index contributed by atoms with van der Waals surface area (Å²) >= 11 is 1.60. The molecule has 1 amide bonds. The Hall–Kier alpha value is -2.60. The van der Waals surface area contributed by atoms with E-state index in [0.29, 0.717) is 5.75 Å². The van der Waals surface area contributed by atoms with Gasteiger partial charge in [0.15, 0.2) is 0 Å². The number of nitrogens with zero attached hydrogens (tertiary/aromatic N) is 4. The monoisotopic (exact) mass is 380 g/mol. The van der Waals surface area contributed by atoms with Gasteiger partial charge in [-0.05, 0) is 50.1 Å². The highest BCUT2D eigenvalue weighted by Crippen LogP contribution is 2.25. The van der Waals surface area contributed by atoms with Gasteiger partial charge in [0.1, 0.15) is 12.7 Å². The largest absolute Gasteiger partial charge is 0.338 e. The molecule has 140 valence electrons. The summed E-state index contributed by atoms with van der Waals surface area (Å²) in [6.45, 7) is 6.21. The summed E-state index contributed by atoms with van der Waals surface area (Å²) in [6, 6.07) is 14.4. The van der Waals surface area contributed by atoms with E-state index in [9.17, 15) is 4.79 Å². The maximum atomic E-state index is 12.6. The van der Waals surface area contributed by atoms with Crippen molar-refractivity contribution in [1.82, 2.24) is 19.7 Å². The molecule has 0 aliphatic rings. The van der Waals surface area contributed by atoms with Gasteiger partial charge in [0.05, 0.1) is 17.5 Å². The fourth-order valence-corrected chi connectivity index (χ4v) is 3.82. The van der Waals surface area contributed by atoms with E-state index >= 15 is 0 Å². The Morgan fingerprint density at radius 2 is 1.93 bits per heavy atom. The predicted octanol–water partition coefficient (Wildman–Crippen LogP) is 4.20. The van der Waals surface area contributed by atoms with Crippen molar-refractivity contribution in [2.75, 3.05) is 12.8 Å². The first-order valence-electron chi connectivity index (χ1n) is 8.86.